The minimum absolute atomic E-state index is 0.0556. The molecule has 3 nitrogen and oxygen atoms in total. The quantitative estimate of drug-likeness (QED) is 0.584. The lowest BCUT2D eigenvalue weighted by Crippen LogP contribution is -1.84. The third kappa shape index (κ3) is 2.55. The number of phenolic OH excluding ortho intramolecular Hbond substituents is 1. The average molecular weight is 190 g/mol. The number of phenols is 1. The molecule has 14 heavy (non-hydrogen) atoms. The number of aldehydes is 1. The van der Waals surface area contributed by atoms with Crippen LogP contribution in [0.2, 0.25) is 0 Å². The third-order valence-electron chi connectivity index (χ3n) is 1.69. The maximum atomic E-state index is 10.6. The van der Waals surface area contributed by atoms with Gasteiger partial charge in [-0.15, -0.1) is 0 Å². The van der Waals surface area contributed by atoms with E-state index in [2.05, 4.69) is 0 Å². The van der Waals surface area contributed by atoms with E-state index in [0.29, 0.717) is 11.8 Å². The summed E-state index contributed by atoms with van der Waals surface area (Å²) in [6.45, 7) is 1.44. The molecular formula is C11H10O3. The molecule has 72 valence electrons. The topological polar surface area (TPSA) is 54.4 Å². The average Bonchev–Trinajstić information content (AvgIpc) is 2.16. The van der Waals surface area contributed by atoms with E-state index >= 15 is 0 Å². The van der Waals surface area contributed by atoms with Crippen LogP contribution in [-0.4, -0.2) is 17.2 Å². The minimum Gasteiger partial charge on any atom is -0.507 e. The highest BCUT2D eigenvalue weighted by atomic mass is 16.3. The lowest BCUT2D eigenvalue weighted by Gasteiger charge is -1.97. The number of benzene rings is 1. The number of aromatic hydroxyl groups is 1. The van der Waals surface area contributed by atoms with Crippen LogP contribution in [0.25, 0.3) is 6.08 Å². The molecule has 0 radical (unpaired) electrons. The second-order valence-corrected chi connectivity index (χ2v) is 2.88. The molecule has 0 saturated carbocycles. The highest BCUT2D eigenvalue weighted by Gasteiger charge is 1.99. The summed E-state index contributed by atoms with van der Waals surface area (Å²) in [5.74, 6) is -0.120. The van der Waals surface area contributed by atoms with Crippen LogP contribution >= 0.6 is 0 Å². The van der Waals surface area contributed by atoms with E-state index < -0.39 is 0 Å². The van der Waals surface area contributed by atoms with Crippen molar-refractivity contribution in [2.45, 2.75) is 6.92 Å². The number of hydrogen-bond acceptors (Lipinski definition) is 3. The van der Waals surface area contributed by atoms with Gasteiger partial charge in [-0.25, -0.2) is 0 Å². The monoisotopic (exact) mass is 190 g/mol. The number of carbonyl (C=O) groups excluding carboxylic acids is 2. The van der Waals surface area contributed by atoms with Crippen LogP contribution < -0.4 is 0 Å². The molecule has 0 amide bonds. The van der Waals surface area contributed by atoms with Gasteiger partial charge in [-0.1, -0.05) is 12.1 Å². The molecule has 0 bridgehead atoms. The van der Waals surface area contributed by atoms with E-state index in [0.717, 1.165) is 0 Å². The molecule has 1 aromatic rings. The number of ketones is 1. The van der Waals surface area contributed by atoms with Crippen molar-refractivity contribution in [2.24, 2.45) is 0 Å². The Bertz CT molecular complexity index is 392. The summed E-state index contributed by atoms with van der Waals surface area (Å²) in [6.07, 6.45) is 3.57. The first-order valence-electron chi connectivity index (χ1n) is 4.10. The van der Waals surface area contributed by atoms with Crippen LogP contribution in [0, 0.1) is 0 Å². The van der Waals surface area contributed by atoms with E-state index in [-0.39, 0.29) is 17.1 Å². The van der Waals surface area contributed by atoms with Crippen molar-refractivity contribution in [3.63, 3.8) is 0 Å². The fraction of sp³-hybridized carbons (Fsp3) is 0.0909. The molecule has 1 rings (SSSR count). The van der Waals surface area contributed by atoms with Crippen molar-refractivity contribution < 1.29 is 14.7 Å². The zero-order valence-corrected chi connectivity index (χ0v) is 7.73. The van der Waals surface area contributed by atoms with Gasteiger partial charge in [-0.2, -0.15) is 0 Å². The Morgan fingerprint density at radius 2 is 2.14 bits per heavy atom. The maximum absolute atomic E-state index is 10.6. The molecule has 0 spiro atoms. The summed E-state index contributed by atoms with van der Waals surface area (Å²) in [6, 6.07) is 4.56. The van der Waals surface area contributed by atoms with Crippen molar-refractivity contribution in [2.75, 3.05) is 0 Å². The smallest absolute Gasteiger partial charge is 0.153 e. The van der Waals surface area contributed by atoms with E-state index in [1.165, 1.54) is 25.1 Å². The Hall–Kier alpha value is -1.90. The van der Waals surface area contributed by atoms with Gasteiger partial charge in [0.25, 0.3) is 0 Å². The van der Waals surface area contributed by atoms with Crippen LogP contribution in [0.5, 0.6) is 5.75 Å². The Morgan fingerprint density at radius 1 is 1.43 bits per heavy atom. The molecule has 0 aliphatic rings. The van der Waals surface area contributed by atoms with Crippen LogP contribution in [0.4, 0.5) is 0 Å². The van der Waals surface area contributed by atoms with Gasteiger partial charge >= 0.3 is 0 Å². The highest BCUT2D eigenvalue weighted by Crippen LogP contribution is 2.17. The van der Waals surface area contributed by atoms with Crippen molar-refractivity contribution in [3.05, 3.63) is 35.4 Å². The van der Waals surface area contributed by atoms with Gasteiger partial charge in [-0.05, 0) is 30.7 Å². The summed E-state index contributed by atoms with van der Waals surface area (Å²) < 4.78 is 0. The fourth-order valence-corrected chi connectivity index (χ4v) is 0.985. The van der Waals surface area contributed by atoms with Gasteiger partial charge in [-0.3, -0.25) is 9.59 Å². The van der Waals surface area contributed by atoms with E-state index in [9.17, 15) is 14.7 Å². The van der Waals surface area contributed by atoms with Crippen LogP contribution in [-0.2, 0) is 4.79 Å². The predicted molar refractivity (Wildman–Crippen MR) is 53.2 cm³/mol. The molecule has 0 heterocycles. The van der Waals surface area contributed by atoms with E-state index in [1.807, 2.05) is 0 Å². The molecule has 0 fully saturated rings. The third-order valence-corrected chi connectivity index (χ3v) is 1.69. The highest BCUT2D eigenvalue weighted by molar-refractivity contribution is 5.92. The Kier molecular flexibility index (Phi) is 3.18. The van der Waals surface area contributed by atoms with Crippen LogP contribution in [0.3, 0.4) is 0 Å². The Labute approximate surface area is 81.7 Å². The normalized spacial score (nSPS) is 10.4. The van der Waals surface area contributed by atoms with E-state index in [4.69, 9.17) is 0 Å². The molecule has 0 saturated heterocycles. The van der Waals surface area contributed by atoms with Gasteiger partial charge in [0.05, 0.1) is 5.56 Å². The van der Waals surface area contributed by atoms with Gasteiger partial charge in [0.1, 0.15) is 5.75 Å². The predicted octanol–water partition coefficient (Wildman–Crippen LogP) is 1.81. The Morgan fingerprint density at radius 3 is 2.71 bits per heavy atom. The van der Waals surface area contributed by atoms with Crippen molar-refractivity contribution in [3.8, 4) is 5.75 Å². The van der Waals surface area contributed by atoms with Gasteiger partial charge < -0.3 is 5.11 Å². The lowest BCUT2D eigenvalue weighted by atomic mass is 10.1. The second-order valence-electron chi connectivity index (χ2n) is 2.88. The Balaban J connectivity index is 3.01. The standard InChI is InChI=1S/C11H10O3/c1-8(13)2-3-9-4-5-11(14)10(6-9)7-12/h2-7,14H,1H3/b3-2+. The number of rotatable bonds is 3. The number of hydrogen-bond donors (Lipinski definition) is 1. The zero-order valence-electron chi connectivity index (χ0n) is 7.73. The molecule has 0 atom stereocenters. The van der Waals surface area contributed by atoms with Crippen molar-refractivity contribution >= 4 is 18.1 Å². The molecular weight excluding hydrogens is 180 g/mol. The SMILES string of the molecule is CC(=O)/C=C/c1ccc(O)c(C=O)c1. The fourth-order valence-electron chi connectivity index (χ4n) is 0.985. The minimum atomic E-state index is -0.0641. The molecule has 3 heteroatoms. The second kappa shape index (κ2) is 4.37. The zero-order chi connectivity index (χ0) is 10.6. The first-order valence-corrected chi connectivity index (χ1v) is 4.10. The summed E-state index contributed by atoms with van der Waals surface area (Å²) in [7, 11) is 0. The van der Waals surface area contributed by atoms with Crippen LogP contribution in [0.1, 0.15) is 22.8 Å². The van der Waals surface area contributed by atoms with Crippen LogP contribution in [0.15, 0.2) is 24.3 Å². The first kappa shape index (κ1) is 10.2. The lowest BCUT2D eigenvalue weighted by molar-refractivity contribution is -0.112. The molecule has 0 aromatic heterocycles. The molecule has 1 N–H and O–H groups in total. The maximum Gasteiger partial charge on any atom is 0.153 e. The summed E-state index contributed by atoms with van der Waals surface area (Å²) >= 11 is 0. The van der Waals surface area contributed by atoms with Gasteiger partial charge in [0.15, 0.2) is 12.1 Å². The number of allylic oxidation sites excluding steroid dienone is 1. The summed E-state index contributed by atoms with van der Waals surface area (Å²) in [5.41, 5.74) is 0.927. The first-order chi connectivity index (χ1) is 6.63. The van der Waals surface area contributed by atoms with Gasteiger partial charge in [0, 0.05) is 0 Å². The molecule has 0 unspecified atom stereocenters. The largest absolute Gasteiger partial charge is 0.507 e. The van der Waals surface area contributed by atoms with Crippen molar-refractivity contribution in [1.82, 2.24) is 0 Å². The van der Waals surface area contributed by atoms with E-state index in [1.54, 1.807) is 12.1 Å². The summed E-state index contributed by atoms with van der Waals surface area (Å²) in [4.78, 5) is 21.1. The molecule has 0 aliphatic carbocycles. The summed E-state index contributed by atoms with van der Waals surface area (Å²) in [5, 5.41) is 9.19. The molecule has 0 aliphatic heterocycles. The van der Waals surface area contributed by atoms with Crippen molar-refractivity contribution in [1.29, 1.82) is 0 Å². The number of carbonyl (C=O) groups is 2. The molecule has 1 aromatic carbocycles. The van der Waals surface area contributed by atoms with Gasteiger partial charge in [0.2, 0.25) is 0 Å².